The van der Waals surface area contributed by atoms with Crippen molar-refractivity contribution in [2.75, 3.05) is 34.5 Å². The summed E-state index contributed by atoms with van der Waals surface area (Å²) in [5.74, 6) is 2.53. The van der Waals surface area contributed by atoms with E-state index in [-0.39, 0.29) is 12.5 Å². The molecule has 6 nitrogen and oxygen atoms in total. The molecule has 0 atom stereocenters. The highest BCUT2D eigenvalue weighted by Crippen LogP contribution is 2.33. The molecule has 0 saturated carbocycles. The quantitative estimate of drug-likeness (QED) is 0.781. The highest BCUT2D eigenvalue weighted by atomic mass is 16.5. The van der Waals surface area contributed by atoms with Crippen molar-refractivity contribution in [3.05, 3.63) is 47.0 Å². The minimum atomic E-state index is -0.0573. The fourth-order valence-corrected chi connectivity index (χ4v) is 3.22. The van der Waals surface area contributed by atoms with Crippen molar-refractivity contribution in [2.45, 2.75) is 19.9 Å². The highest BCUT2D eigenvalue weighted by Gasteiger charge is 2.23. The van der Waals surface area contributed by atoms with Crippen LogP contribution < -0.4 is 18.9 Å². The number of benzene rings is 2. The minimum absolute atomic E-state index is 0.0258. The first-order valence-corrected chi connectivity index (χ1v) is 8.84. The zero-order valence-electron chi connectivity index (χ0n) is 16.2. The fraction of sp³-hybridized carbons (Fsp3) is 0.381. The number of aryl methyl sites for hydroxylation is 1. The van der Waals surface area contributed by atoms with Crippen LogP contribution in [0, 0.1) is 6.92 Å². The van der Waals surface area contributed by atoms with Gasteiger partial charge in [0.25, 0.3) is 5.91 Å². The topological polar surface area (TPSA) is 57.2 Å². The maximum atomic E-state index is 12.6. The maximum absolute atomic E-state index is 12.6. The number of carbonyl (C=O) groups excluding carboxylic acids is 1. The largest absolute Gasteiger partial charge is 0.493 e. The monoisotopic (exact) mass is 371 g/mol. The smallest absolute Gasteiger partial charge is 0.260 e. The molecule has 144 valence electrons. The first kappa shape index (κ1) is 18.9. The Morgan fingerprint density at radius 2 is 1.56 bits per heavy atom. The molecule has 0 radical (unpaired) electrons. The lowest BCUT2D eigenvalue weighted by Gasteiger charge is -2.29. The summed E-state index contributed by atoms with van der Waals surface area (Å²) in [5.41, 5.74) is 3.32. The van der Waals surface area contributed by atoms with Gasteiger partial charge in [-0.05, 0) is 54.3 Å². The molecule has 0 spiro atoms. The van der Waals surface area contributed by atoms with Gasteiger partial charge in [0.15, 0.2) is 29.6 Å². The van der Waals surface area contributed by atoms with Crippen molar-refractivity contribution in [1.82, 2.24) is 4.90 Å². The number of rotatable bonds is 6. The van der Waals surface area contributed by atoms with Crippen molar-refractivity contribution in [1.29, 1.82) is 0 Å². The number of methoxy groups -OCH3 is 3. The SMILES string of the molecule is COc1cc2c(cc1OC)CN(C(=O)COc1ccc(C)cc1OC)CC2. The van der Waals surface area contributed by atoms with Crippen LogP contribution in [0.15, 0.2) is 30.3 Å². The molecule has 2 aromatic rings. The Labute approximate surface area is 159 Å². The Morgan fingerprint density at radius 3 is 2.22 bits per heavy atom. The number of nitrogens with zero attached hydrogens (tertiary/aromatic N) is 1. The summed E-state index contributed by atoms with van der Waals surface area (Å²) in [6, 6.07) is 9.57. The standard InChI is InChI=1S/C21H25NO5/c1-14-5-6-17(18(9-14)24-2)27-13-21(23)22-8-7-15-10-19(25-3)20(26-4)11-16(15)12-22/h5-6,9-11H,7-8,12-13H2,1-4H3. The molecular formula is C21H25NO5. The Bertz CT molecular complexity index is 834. The van der Waals surface area contributed by atoms with Crippen LogP contribution in [-0.4, -0.2) is 45.3 Å². The van der Waals surface area contributed by atoms with Crippen molar-refractivity contribution in [3.63, 3.8) is 0 Å². The summed E-state index contributed by atoms with van der Waals surface area (Å²) in [5, 5.41) is 0. The van der Waals surface area contributed by atoms with Gasteiger partial charge in [0.1, 0.15) is 0 Å². The van der Waals surface area contributed by atoms with Gasteiger partial charge in [0, 0.05) is 13.1 Å². The lowest BCUT2D eigenvalue weighted by Crippen LogP contribution is -2.38. The average Bonchev–Trinajstić information content (AvgIpc) is 2.70. The molecular weight excluding hydrogens is 346 g/mol. The summed E-state index contributed by atoms with van der Waals surface area (Å²) in [4.78, 5) is 14.4. The van der Waals surface area contributed by atoms with Crippen LogP contribution in [0.4, 0.5) is 0 Å². The summed E-state index contributed by atoms with van der Waals surface area (Å²) in [6.45, 7) is 3.13. The molecule has 0 N–H and O–H groups in total. The average molecular weight is 371 g/mol. The second-order valence-corrected chi connectivity index (χ2v) is 6.48. The molecule has 1 amide bonds. The van der Waals surface area contributed by atoms with Crippen molar-refractivity contribution in [3.8, 4) is 23.0 Å². The van der Waals surface area contributed by atoms with E-state index in [1.165, 1.54) is 5.56 Å². The first-order valence-electron chi connectivity index (χ1n) is 8.84. The van der Waals surface area contributed by atoms with E-state index in [9.17, 15) is 4.79 Å². The molecule has 1 aliphatic heterocycles. The zero-order valence-corrected chi connectivity index (χ0v) is 16.2. The third kappa shape index (κ3) is 4.10. The molecule has 1 heterocycles. The van der Waals surface area contributed by atoms with Crippen LogP contribution in [-0.2, 0) is 17.8 Å². The van der Waals surface area contributed by atoms with E-state index in [1.54, 1.807) is 26.2 Å². The molecule has 0 unspecified atom stereocenters. The van der Waals surface area contributed by atoms with Gasteiger partial charge in [-0.15, -0.1) is 0 Å². The van der Waals surface area contributed by atoms with Crippen LogP contribution in [0.5, 0.6) is 23.0 Å². The highest BCUT2D eigenvalue weighted by molar-refractivity contribution is 5.78. The van der Waals surface area contributed by atoms with Crippen molar-refractivity contribution >= 4 is 5.91 Å². The summed E-state index contributed by atoms with van der Waals surface area (Å²) < 4.78 is 21.8. The van der Waals surface area contributed by atoms with Gasteiger partial charge in [0.05, 0.1) is 21.3 Å². The third-order valence-corrected chi connectivity index (χ3v) is 4.74. The van der Waals surface area contributed by atoms with Crippen LogP contribution in [0.25, 0.3) is 0 Å². The van der Waals surface area contributed by atoms with Crippen LogP contribution in [0.3, 0.4) is 0 Å². The van der Waals surface area contributed by atoms with E-state index < -0.39 is 0 Å². The van der Waals surface area contributed by atoms with E-state index >= 15 is 0 Å². The maximum Gasteiger partial charge on any atom is 0.260 e. The molecule has 27 heavy (non-hydrogen) atoms. The van der Waals surface area contributed by atoms with Gasteiger partial charge >= 0.3 is 0 Å². The first-order chi connectivity index (χ1) is 13.0. The van der Waals surface area contributed by atoms with Gasteiger partial charge < -0.3 is 23.8 Å². The van der Waals surface area contributed by atoms with E-state index in [0.717, 1.165) is 17.5 Å². The zero-order chi connectivity index (χ0) is 19.4. The predicted octanol–water partition coefficient (Wildman–Crippen LogP) is 2.98. The molecule has 2 aromatic carbocycles. The summed E-state index contributed by atoms with van der Waals surface area (Å²) >= 11 is 0. The van der Waals surface area contributed by atoms with Crippen LogP contribution in [0.2, 0.25) is 0 Å². The van der Waals surface area contributed by atoms with Gasteiger partial charge in [-0.1, -0.05) is 6.07 Å². The molecule has 1 aliphatic rings. The van der Waals surface area contributed by atoms with E-state index in [1.807, 2.05) is 37.3 Å². The van der Waals surface area contributed by atoms with Crippen molar-refractivity contribution < 1.29 is 23.7 Å². The summed E-state index contributed by atoms with van der Waals surface area (Å²) in [6.07, 6.45) is 0.773. The molecule has 0 aliphatic carbocycles. The number of hydrogen-bond acceptors (Lipinski definition) is 5. The molecule has 6 heteroatoms. The van der Waals surface area contributed by atoms with Crippen molar-refractivity contribution in [2.24, 2.45) is 0 Å². The third-order valence-electron chi connectivity index (χ3n) is 4.74. The molecule has 0 bridgehead atoms. The predicted molar refractivity (Wildman–Crippen MR) is 102 cm³/mol. The normalized spacial score (nSPS) is 13.0. The Hall–Kier alpha value is -2.89. The Balaban J connectivity index is 1.67. The Kier molecular flexibility index (Phi) is 5.74. The van der Waals surface area contributed by atoms with E-state index in [4.69, 9.17) is 18.9 Å². The number of hydrogen-bond donors (Lipinski definition) is 0. The van der Waals surface area contributed by atoms with E-state index in [2.05, 4.69) is 0 Å². The van der Waals surface area contributed by atoms with Crippen LogP contribution >= 0.6 is 0 Å². The second kappa shape index (κ2) is 8.20. The lowest BCUT2D eigenvalue weighted by molar-refractivity contribution is -0.134. The molecule has 0 aromatic heterocycles. The van der Waals surface area contributed by atoms with Crippen LogP contribution in [0.1, 0.15) is 16.7 Å². The lowest BCUT2D eigenvalue weighted by atomic mass is 9.99. The minimum Gasteiger partial charge on any atom is -0.493 e. The second-order valence-electron chi connectivity index (χ2n) is 6.48. The number of ether oxygens (including phenoxy) is 4. The van der Waals surface area contributed by atoms with Gasteiger partial charge in [-0.3, -0.25) is 4.79 Å². The summed E-state index contributed by atoms with van der Waals surface area (Å²) in [7, 11) is 4.82. The number of fused-ring (bicyclic) bond motifs is 1. The van der Waals surface area contributed by atoms with Gasteiger partial charge in [0.2, 0.25) is 0 Å². The van der Waals surface area contributed by atoms with Gasteiger partial charge in [-0.2, -0.15) is 0 Å². The number of carbonyl (C=O) groups is 1. The fourth-order valence-electron chi connectivity index (χ4n) is 3.22. The molecule has 0 fully saturated rings. The molecule has 3 rings (SSSR count). The number of amides is 1. The van der Waals surface area contributed by atoms with Gasteiger partial charge in [-0.25, -0.2) is 0 Å². The Morgan fingerprint density at radius 1 is 0.926 bits per heavy atom. The van der Waals surface area contributed by atoms with E-state index in [0.29, 0.717) is 36.1 Å². The molecule has 0 saturated heterocycles.